The summed E-state index contributed by atoms with van der Waals surface area (Å²) in [6.45, 7) is 1.08. The van der Waals surface area contributed by atoms with Crippen LogP contribution in [-0.2, 0) is 6.42 Å². The van der Waals surface area contributed by atoms with E-state index in [2.05, 4.69) is 44.8 Å². The predicted molar refractivity (Wildman–Crippen MR) is 90.1 cm³/mol. The van der Waals surface area contributed by atoms with Crippen LogP contribution >= 0.6 is 11.8 Å². The molecule has 2 aliphatic rings. The van der Waals surface area contributed by atoms with Gasteiger partial charge in [0.1, 0.15) is 0 Å². The zero-order chi connectivity index (χ0) is 14.1. The quantitative estimate of drug-likeness (QED) is 0.910. The Morgan fingerprint density at radius 1 is 1.24 bits per heavy atom. The normalized spacial score (nSPS) is 19.0. The van der Waals surface area contributed by atoms with Crippen LogP contribution in [0, 0.1) is 0 Å². The minimum atomic E-state index is 0.614. The van der Waals surface area contributed by atoms with Crippen molar-refractivity contribution in [1.29, 1.82) is 0 Å². The van der Waals surface area contributed by atoms with Gasteiger partial charge in [0.05, 0.1) is 18.2 Å². The van der Waals surface area contributed by atoms with Crippen molar-refractivity contribution in [3.8, 4) is 11.3 Å². The molecule has 110 valence electrons. The first-order valence-corrected chi connectivity index (χ1v) is 9.04. The number of thioether (sulfide) groups is 1. The summed E-state index contributed by atoms with van der Waals surface area (Å²) in [6, 6.07) is 7.30. The molecule has 0 radical (unpaired) electrons. The second-order valence-electron chi connectivity index (χ2n) is 5.90. The Morgan fingerprint density at radius 2 is 2.14 bits per heavy atom. The number of benzene rings is 1. The highest BCUT2D eigenvalue weighted by atomic mass is 32.2. The minimum Gasteiger partial charge on any atom is -0.384 e. The molecule has 3 heterocycles. The third-order valence-corrected chi connectivity index (χ3v) is 5.65. The fourth-order valence-corrected chi connectivity index (χ4v) is 4.57. The highest BCUT2D eigenvalue weighted by Crippen LogP contribution is 2.37. The van der Waals surface area contributed by atoms with E-state index < -0.39 is 0 Å². The standard InChI is InChI=1S/C17H21N3S/c1-3-13-4-2-8-19-17(13)15(5-1)16-11-18-12-20(16)14-6-9-21-10-7-14/h1,3,5,11-12,14,19H,2,4,6-10H2. The average molecular weight is 299 g/mol. The summed E-state index contributed by atoms with van der Waals surface area (Å²) >= 11 is 2.07. The van der Waals surface area contributed by atoms with Crippen molar-refractivity contribution in [2.24, 2.45) is 0 Å². The van der Waals surface area contributed by atoms with Gasteiger partial charge in [0, 0.05) is 23.8 Å². The van der Waals surface area contributed by atoms with Crippen LogP contribution in [0.2, 0.25) is 0 Å². The van der Waals surface area contributed by atoms with E-state index >= 15 is 0 Å². The zero-order valence-corrected chi connectivity index (χ0v) is 13.0. The van der Waals surface area contributed by atoms with Crippen molar-refractivity contribution in [2.45, 2.75) is 31.7 Å². The molecule has 4 heteroatoms. The molecule has 0 unspecified atom stereocenters. The summed E-state index contributed by atoms with van der Waals surface area (Å²) in [4.78, 5) is 4.45. The van der Waals surface area contributed by atoms with E-state index in [-0.39, 0.29) is 0 Å². The van der Waals surface area contributed by atoms with Crippen LogP contribution in [0.5, 0.6) is 0 Å². The number of aryl methyl sites for hydroxylation is 1. The molecule has 0 bridgehead atoms. The first-order valence-electron chi connectivity index (χ1n) is 7.89. The number of hydrogen-bond acceptors (Lipinski definition) is 3. The van der Waals surface area contributed by atoms with E-state index in [4.69, 9.17) is 0 Å². The van der Waals surface area contributed by atoms with E-state index in [1.807, 2.05) is 12.5 Å². The number of nitrogens with one attached hydrogen (secondary N) is 1. The second kappa shape index (κ2) is 5.76. The molecule has 3 nitrogen and oxygen atoms in total. The maximum Gasteiger partial charge on any atom is 0.0953 e. The van der Waals surface area contributed by atoms with Crippen LogP contribution in [0.3, 0.4) is 0 Å². The molecule has 1 N–H and O–H groups in total. The fourth-order valence-electron chi connectivity index (χ4n) is 3.49. The number of anilines is 1. The minimum absolute atomic E-state index is 0.614. The molecular weight excluding hydrogens is 278 g/mol. The van der Waals surface area contributed by atoms with Gasteiger partial charge in [-0.15, -0.1) is 0 Å². The van der Waals surface area contributed by atoms with Crippen LogP contribution in [-0.4, -0.2) is 27.6 Å². The predicted octanol–water partition coefficient (Wildman–Crippen LogP) is 3.98. The maximum absolute atomic E-state index is 4.45. The van der Waals surface area contributed by atoms with Gasteiger partial charge < -0.3 is 9.88 Å². The van der Waals surface area contributed by atoms with Crippen LogP contribution in [0.1, 0.15) is 30.9 Å². The molecular formula is C17H21N3S. The van der Waals surface area contributed by atoms with Crippen molar-refractivity contribution < 1.29 is 0 Å². The first-order chi connectivity index (χ1) is 10.4. The monoisotopic (exact) mass is 299 g/mol. The van der Waals surface area contributed by atoms with Crippen LogP contribution in [0.15, 0.2) is 30.7 Å². The lowest BCUT2D eigenvalue weighted by Crippen LogP contribution is -2.17. The van der Waals surface area contributed by atoms with E-state index in [1.165, 1.54) is 59.7 Å². The largest absolute Gasteiger partial charge is 0.384 e. The van der Waals surface area contributed by atoms with E-state index in [1.54, 1.807) is 0 Å². The number of aromatic nitrogens is 2. The molecule has 21 heavy (non-hydrogen) atoms. The number of para-hydroxylation sites is 1. The summed E-state index contributed by atoms with van der Waals surface area (Å²) in [6.07, 6.45) is 9.00. The Hall–Kier alpha value is -1.42. The number of hydrogen-bond donors (Lipinski definition) is 1. The highest BCUT2D eigenvalue weighted by Gasteiger charge is 2.21. The lowest BCUT2D eigenvalue weighted by molar-refractivity contribution is 0.473. The van der Waals surface area contributed by atoms with Crippen molar-refractivity contribution in [1.82, 2.24) is 9.55 Å². The Labute approximate surface area is 130 Å². The smallest absolute Gasteiger partial charge is 0.0953 e. The molecule has 1 saturated heterocycles. The first kappa shape index (κ1) is 13.3. The highest BCUT2D eigenvalue weighted by molar-refractivity contribution is 7.99. The van der Waals surface area contributed by atoms with Crippen molar-refractivity contribution in [3.05, 3.63) is 36.3 Å². The van der Waals surface area contributed by atoms with Crippen LogP contribution in [0.25, 0.3) is 11.3 Å². The van der Waals surface area contributed by atoms with Crippen molar-refractivity contribution in [3.63, 3.8) is 0 Å². The number of rotatable bonds is 2. The molecule has 1 aromatic carbocycles. The van der Waals surface area contributed by atoms with Gasteiger partial charge in [-0.25, -0.2) is 4.98 Å². The summed E-state index contributed by atoms with van der Waals surface area (Å²) in [5.74, 6) is 2.54. The van der Waals surface area contributed by atoms with Crippen LogP contribution < -0.4 is 5.32 Å². The van der Waals surface area contributed by atoms with Gasteiger partial charge in [0.15, 0.2) is 0 Å². The SMILES string of the molecule is c1cc2c(c(-c3cncn3C3CCSCC3)c1)NCCC2. The lowest BCUT2D eigenvalue weighted by Gasteiger charge is -2.26. The van der Waals surface area contributed by atoms with Crippen molar-refractivity contribution >= 4 is 17.4 Å². The molecule has 0 spiro atoms. The molecule has 2 aliphatic heterocycles. The van der Waals surface area contributed by atoms with Gasteiger partial charge in [-0.1, -0.05) is 18.2 Å². The van der Waals surface area contributed by atoms with Gasteiger partial charge in [0.2, 0.25) is 0 Å². The third-order valence-electron chi connectivity index (χ3n) is 4.60. The molecule has 1 fully saturated rings. The molecule has 0 atom stereocenters. The van der Waals surface area contributed by atoms with E-state index in [0.29, 0.717) is 6.04 Å². The Kier molecular flexibility index (Phi) is 3.63. The van der Waals surface area contributed by atoms with Crippen molar-refractivity contribution in [2.75, 3.05) is 23.4 Å². The number of fused-ring (bicyclic) bond motifs is 1. The topological polar surface area (TPSA) is 29.9 Å². The molecule has 4 rings (SSSR count). The van der Waals surface area contributed by atoms with Gasteiger partial charge >= 0.3 is 0 Å². The molecule has 1 aromatic heterocycles. The fraction of sp³-hybridized carbons (Fsp3) is 0.471. The third kappa shape index (κ3) is 2.46. The molecule has 0 saturated carbocycles. The molecule has 2 aromatic rings. The summed E-state index contributed by atoms with van der Waals surface area (Å²) in [5, 5.41) is 3.60. The van der Waals surface area contributed by atoms with E-state index in [9.17, 15) is 0 Å². The second-order valence-corrected chi connectivity index (χ2v) is 7.12. The molecule has 0 amide bonds. The summed E-state index contributed by atoms with van der Waals surface area (Å²) in [7, 11) is 0. The van der Waals surface area contributed by atoms with Gasteiger partial charge in [-0.3, -0.25) is 0 Å². The molecule has 0 aliphatic carbocycles. The van der Waals surface area contributed by atoms with Gasteiger partial charge in [0.25, 0.3) is 0 Å². The lowest BCUT2D eigenvalue weighted by atomic mass is 9.97. The van der Waals surface area contributed by atoms with Crippen LogP contribution in [0.4, 0.5) is 5.69 Å². The number of nitrogens with zero attached hydrogens (tertiary/aromatic N) is 2. The zero-order valence-electron chi connectivity index (χ0n) is 12.2. The Morgan fingerprint density at radius 3 is 3.05 bits per heavy atom. The summed E-state index contributed by atoms with van der Waals surface area (Å²) in [5.41, 5.74) is 5.38. The Bertz CT molecular complexity index is 629. The average Bonchev–Trinajstić information content (AvgIpc) is 3.04. The van der Waals surface area contributed by atoms with Gasteiger partial charge in [-0.05, 0) is 42.8 Å². The van der Waals surface area contributed by atoms with Gasteiger partial charge in [-0.2, -0.15) is 11.8 Å². The maximum atomic E-state index is 4.45. The summed E-state index contributed by atoms with van der Waals surface area (Å²) < 4.78 is 2.41. The Balaban J connectivity index is 1.76. The number of imidazole rings is 1. The van der Waals surface area contributed by atoms with E-state index in [0.717, 1.165) is 6.54 Å².